The minimum absolute atomic E-state index is 0.221. The molecule has 32 heavy (non-hydrogen) atoms. The van der Waals surface area contributed by atoms with Crippen LogP contribution in [0, 0.1) is 11.7 Å². The van der Waals surface area contributed by atoms with E-state index in [9.17, 15) is 4.39 Å². The van der Waals surface area contributed by atoms with Gasteiger partial charge in [-0.15, -0.1) is 0 Å². The van der Waals surface area contributed by atoms with Crippen molar-refractivity contribution in [3.05, 3.63) is 66.1 Å². The molecule has 6 heteroatoms. The van der Waals surface area contributed by atoms with Crippen LogP contribution in [0.3, 0.4) is 0 Å². The Balaban J connectivity index is 1.45. The summed E-state index contributed by atoms with van der Waals surface area (Å²) in [7, 11) is 0. The van der Waals surface area contributed by atoms with Crippen molar-refractivity contribution in [3.8, 4) is 11.3 Å². The van der Waals surface area contributed by atoms with Crippen molar-refractivity contribution in [1.29, 1.82) is 0 Å². The van der Waals surface area contributed by atoms with E-state index < -0.39 is 0 Å². The van der Waals surface area contributed by atoms with Gasteiger partial charge in [0.05, 0.1) is 11.4 Å². The van der Waals surface area contributed by atoms with E-state index in [0.717, 1.165) is 54.6 Å². The summed E-state index contributed by atoms with van der Waals surface area (Å²) < 4.78 is 14.9. The minimum Gasteiger partial charge on any atom is -0.369 e. The fourth-order valence-electron chi connectivity index (χ4n) is 4.38. The first-order valence-electron chi connectivity index (χ1n) is 11.4. The zero-order valence-electron chi connectivity index (χ0n) is 18.5. The Kier molecular flexibility index (Phi) is 5.52. The highest BCUT2D eigenvalue weighted by atomic mass is 19.1. The highest BCUT2D eigenvalue weighted by molar-refractivity contribution is 5.92. The number of aryl methyl sites for hydroxylation is 1. The van der Waals surface area contributed by atoms with Gasteiger partial charge in [-0.3, -0.25) is 0 Å². The summed E-state index contributed by atoms with van der Waals surface area (Å²) in [6.45, 7) is 6.20. The third-order valence-corrected chi connectivity index (χ3v) is 6.35. The Labute approximate surface area is 187 Å². The van der Waals surface area contributed by atoms with Crippen molar-refractivity contribution in [2.75, 3.05) is 23.3 Å². The molecule has 0 saturated carbocycles. The van der Waals surface area contributed by atoms with Gasteiger partial charge in [-0.2, -0.15) is 4.98 Å². The molecule has 1 aliphatic heterocycles. The summed E-state index contributed by atoms with van der Waals surface area (Å²) in [6, 6.07) is 15.7. The normalized spacial score (nSPS) is 14.8. The summed E-state index contributed by atoms with van der Waals surface area (Å²) in [4.78, 5) is 14.7. The van der Waals surface area contributed by atoms with Crippen molar-refractivity contribution in [3.63, 3.8) is 0 Å². The molecule has 0 unspecified atom stereocenters. The van der Waals surface area contributed by atoms with Crippen molar-refractivity contribution < 1.29 is 4.39 Å². The van der Waals surface area contributed by atoms with E-state index in [1.54, 1.807) is 0 Å². The van der Waals surface area contributed by atoms with Gasteiger partial charge in [0, 0.05) is 35.9 Å². The van der Waals surface area contributed by atoms with Gasteiger partial charge in [-0.25, -0.2) is 9.37 Å². The monoisotopic (exact) mass is 429 g/mol. The lowest BCUT2D eigenvalue weighted by Crippen LogP contribution is -2.33. The Bertz CT molecular complexity index is 1240. The van der Waals surface area contributed by atoms with E-state index in [0.29, 0.717) is 23.2 Å². The topological polar surface area (TPSA) is 56.8 Å². The van der Waals surface area contributed by atoms with E-state index in [1.165, 1.54) is 11.6 Å². The molecule has 2 N–H and O–H groups in total. The number of nitrogens with zero attached hydrogens (tertiary/aromatic N) is 3. The van der Waals surface area contributed by atoms with Crippen molar-refractivity contribution in [2.24, 2.45) is 5.92 Å². The largest absolute Gasteiger partial charge is 0.369 e. The van der Waals surface area contributed by atoms with Crippen LogP contribution < -0.4 is 10.2 Å². The molecule has 5 rings (SSSR count). The number of rotatable bonds is 5. The van der Waals surface area contributed by atoms with Crippen molar-refractivity contribution >= 4 is 28.4 Å². The fraction of sp³-hybridized carbons (Fsp3) is 0.308. The number of fused-ring (bicyclic) bond motifs is 1. The number of aromatic amines is 1. The maximum Gasteiger partial charge on any atom is 0.229 e. The Morgan fingerprint density at radius 1 is 1.09 bits per heavy atom. The quantitative estimate of drug-likeness (QED) is 0.390. The SMILES string of the molecule is CCc1cccc(-c2nc(Nc3ccc(N4CCC(C)CC4)c(F)c3)nc3[nH]ccc23)c1. The van der Waals surface area contributed by atoms with Gasteiger partial charge in [0.15, 0.2) is 0 Å². The number of nitrogens with one attached hydrogen (secondary N) is 2. The number of benzene rings is 2. The molecular formula is C26H28FN5. The number of hydrogen-bond donors (Lipinski definition) is 2. The fourth-order valence-corrected chi connectivity index (χ4v) is 4.38. The smallest absolute Gasteiger partial charge is 0.229 e. The third-order valence-electron chi connectivity index (χ3n) is 6.35. The minimum atomic E-state index is -0.221. The highest BCUT2D eigenvalue weighted by Crippen LogP contribution is 2.31. The maximum absolute atomic E-state index is 14.9. The van der Waals surface area contributed by atoms with Gasteiger partial charge in [0.1, 0.15) is 11.5 Å². The van der Waals surface area contributed by atoms with Gasteiger partial charge < -0.3 is 15.2 Å². The number of H-pyrrole nitrogens is 1. The molecule has 0 aliphatic carbocycles. The first-order chi connectivity index (χ1) is 15.6. The maximum atomic E-state index is 14.9. The van der Waals surface area contributed by atoms with Gasteiger partial charge in [0.2, 0.25) is 5.95 Å². The molecule has 0 radical (unpaired) electrons. The molecule has 1 saturated heterocycles. The Morgan fingerprint density at radius 3 is 2.72 bits per heavy atom. The van der Waals surface area contributed by atoms with Crippen LogP contribution in [0.4, 0.5) is 21.7 Å². The summed E-state index contributed by atoms with van der Waals surface area (Å²) in [5.74, 6) is 0.930. The lowest BCUT2D eigenvalue weighted by Gasteiger charge is -2.32. The van der Waals surface area contributed by atoms with Crippen LogP contribution in [-0.2, 0) is 6.42 Å². The second-order valence-electron chi connectivity index (χ2n) is 8.65. The first kappa shape index (κ1) is 20.5. The van der Waals surface area contributed by atoms with E-state index in [-0.39, 0.29) is 5.82 Å². The molecular weight excluding hydrogens is 401 g/mol. The molecule has 5 nitrogen and oxygen atoms in total. The van der Waals surface area contributed by atoms with Gasteiger partial charge in [-0.1, -0.05) is 32.0 Å². The molecule has 4 aromatic rings. The van der Waals surface area contributed by atoms with E-state index in [4.69, 9.17) is 4.98 Å². The van der Waals surface area contributed by atoms with Crippen molar-refractivity contribution in [1.82, 2.24) is 15.0 Å². The lowest BCUT2D eigenvalue weighted by atomic mass is 9.99. The average Bonchev–Trinajstić information content (AvgIpc) is 3.28. The molecule has 2 aromatic heterocycles. The average molecular weight is 430 g/mol. The molecule has 2 aromatic carbocycles. The number of anilines is 3. The molecule has 1 aliphatic rings. The number of halogens is 1. The van der Waals surface area contributed by atoms with Crippen LogP contribution in [0.15, 0.2) is 54.7 Å². The van der Waals surface area contributed by atoms with E-state index in [1.807, 2.05) is 24.4 Å². The predicted octanol–water partition coefficient (Wildman–Crippen LogP) is 6.31. The van der Waals surface area contributed by atoms with Crippen LogP contribution in [0.25, 0.3) is 22.3 Å². The standard InChI is InChI=1S/C26H28FN5/c1-3-18-5-4-6-19(15-18)24-21-9-12-28-25(21)31-26(30-24)29-20-7-8-23(22(27)16-20)32-13-10-17(2)11-14-32/h4-9,12,15-17H,3,10-11,13-14H2,1-2H3,(H2,28,29,30,31). The van der Waals surface area contributed by atoms with Crippen LogP contribution in [0.2, 0.25) is 0 Å². The molecule has 164 valence electrons. The second-order valence-corrected chi connectivity index (χ2v) is 8.65. The number of piperidine rings is 1. The van der Waals surface area contributed by atoms with E-state index in [2.05, 4.69) is 58.3 Å². The summed E-state index contributed by atoms with van der Waals surface area (Å²) in [5.41, 5.74) is 5.20. The Hall–Kier alpha value is -3.41. The second kappa shape index (κ2) is 8.61. The number of aromatic nitrogens is 3. The van der Waals surface area contributed by atoms with Gasteiger partial charge in [-0.05, 0) is 61.1 Å². The summed E-state index contributed by atoms with van der Waals surface area (Å²) in [6.07, 6.45) is 5.03. The summed E-state index contributed by atoms with van der Waals surface area (Å²) in [5, 5.41) is 4.16. The van der Waals surface area contributed by atoms with Crippen LogP contribution >= 0.6 is 0 Å². The van der Waals surface area contributed by atoms with Crippen LogP contribution in [0.5, 0.6) is 0 Å². The zero-order valence-corrected chi connectivity index (χ0v) is 18.5. The van der Waals surface area contributed by atoms with Crippen LogP contribution in [0.1, 0.15) is 32.3 Å². The van der Waals surface area contributed by atoms with Gasteiger partial charge in [0.25, 0.3) is 0 Å². The number of hydrogen-bond acceptors (Lipinski definition) is 4. The molecule has 0 spiro atoms. The van der Waals surface area contributed by atoms with Crippen LogP contribution in [-0.4, -0.2) is 28.0 Å². The predicted molar refractivity (Wildman–Crippen MR) is 129 cm³/mol. The molecule has 3 heterocycles. The third kappa shape index (κ3) is 4.05. The molecule has 1 fully saturated rings. The zero-order chi connectivity index (χ0) is 22.1. The molecule has 0 bridgehead atoms. The van der Waals surface area contributed by atoms with Gasteiger partial charge >= 0.3 is 0 Å². The van der Waals surface area contributed by atoms with E-state index >= 15 is 0 Å². The lowest BCUT2D eigenvalue weighted by molar-refractivity contribution is 0.434. The Morgan fingerprint density at radius 2 is 1.94 bits per heavy atom. The first-order valence-corrected chi connectivity index (χ1v) is 11.4. The highest BCUT2D eigenvalue weighted by Gasteiger charge is 2.19. The summed E-state index contributed by atoms with van der Waals surface area (Å²) >= 11 is 0. The molecule has 0 amide bonds. The molecule has 0 atom stereocenters. The van der Waals surface area contributed by atoms with Crippen molar-refractivity contribution in [2.45, 2.75) is 33.1 Å².